The average molecular weight is 528 g/mol. The molecule has 0 amide bonds. The molecule has 0 spiro atoms. The summed E-state index contributed by atoms with van der Waals surface area (Å²) in [7, 11) is 1.64. The molecule has 0 saturated carbocycles. The van der Waals surface area contributed by atoms with Gasteiger partial charge in [0.15, 0.2) is 18.2 Å². The molecular formula is C26H26BrNO6. The first-order valence-electron chi connectivity index (χ1n) is 11.5. The van der Waals surface area contributed by atoms with Crippen molar-refractivity contribution in [1.29, 1.82) is 0 Å². The first-order valence-corrected chi connectivity index (χ1v) is 12.4. The van der Waals surface area contributed by atoms with Crippen molar-refractivity contribution in [3.05, 3.63) is 52.6 Å². The number of ether oxygens (including phenoxy) is 3. The van der Waals surface area contributed by atoms with Gasteiger partial charge in [0.25, 0.3) is 0 Å². The fourth-order valence-corrected chi connectivity index (χ4v) is 5.42. The number of carbonyl (C=O) groups is 3. The highest BCUT2D eigenvalue weighted by Crippen LogP contribution is 2.41. The summed E-state index contributed by atoms with van der Waals surface area (Å²) in [4.78, 5) is 37.4. The van der Waals surface area contributed by atoms with Gasteiger partial charge in [0.1, 0.15) is 18.4 Å². The number of alkyl halides is 1. The van der Waals surface area contributed by atoms with Crippen molar-refractivity contribution in [1.82, 2.24) is 5.32 Å². The van der Waals surface area contributed by atoms with Crippen molar-refractivity contribution in [2.24, 2.45) is 5.92 Å². The highest BCUT2D eigenvalue weighted by Gasteiger charge is 2.31. The summed E-state index contributed by atoms with van der Waals surface area (Å²) in [6, 6.07) is 8.94. The molecule has 8 heteroatoms. The molecule has 1 N–H and O–H groups in total. The Labute approximate surface area is 206 Å². The number of fused-ring (bicyclic) bond motifs is 4. The molecule has 3 aliphatic rings. The molecular weight excluding hydrogens is 502 g/mol. The third kappa shape index (κ3) is 4.42. The lowest BCUT2D eigenvalue weighted by Crippen LogP contribution is -2.33. The smallest absolute Gasteiger partial charge is 0.323 e. The number of halogens is 1. The molecule has 2 aromatic carbocycles. The SMILES string of the molecule is COC[C@@H]1CNC(C(=O)OCC(=O)c2ccc3c(c2)COc2cc4c(cc2-3)CCC(Br)C4=O)C1. The minimum absolute atomic E-state index is 0.0935. The van der Waals surface area contributed by atoms with Gasteiger partial charge in [-0.15, -0.1) is 0 Å². The maximum atomic E-state index is 12.7. The second-order valence-electron chi connectivity index (χ2n) is 9.09. The lowest BCUT2D eigenvalue weighted by atomic mass is 9.85. The van der Waals surface area contributed by atoms with E-state index >= 15 is 0 Å². The summed E-state index contributed by atoms with van der Waals surface area (Å²) >= 11 is 3.45. The van der Waals surface area contributed by atoms with E-state index in [2.05, 4.69) is 21.2 Å². The number of nitrogens with one attached hydrogen (secondary N) is 1. The number of Topliss-reactive ketones (excluding diaryl/α,β-unsaturated/α-hetero) is 2. The van der Waals surface area contributed by atoms with Crippen molar-refractivity contribution in [2.45, 2.75) is 36.7 Å². The van der Waals surface area contributed by atoms with Gasteiger partial charge in [-0.3, -0.25) is 14.4 Å². The van der Waals surface area contributed by atoms with E-state index in [4.69, 9.17) is 14.2 Å². The van der Waals surface area contributed by atoms with Crippen molar-refractivity contribution in [3.63, 3.8) is 0 Å². The molecule has 2 heterocycles. The molecule has 2 aromatic rings. The number of carbonyl (C=O) groups excluding carboxylic acids is 3. The van der Waals surface area contributed by atoms with Crippen LogP contribution in [0.3, 0.4) is 0 Å². The molecule has 2 unspecified atom stereocenters. The van der Waals surface area contributed by atoms with Crippen LogP contribution in [0, 0.1) is 5.92 Å². The molecule has 1 fully saturated rings. The fourth-order valence-electron chi connectivity index (χ4n) is 4.95. The Bertz CT molecular complexity index is 1160. The van der Waals surface area contributed by atoms with Crippen LogP contribution in [0.1, 0.15) is 44.7 Å². The lowest BCUT2D eigenvalue weighted by molar-refractivity contribution is -0.144. The molecule has 5 rings (SSSR count). The molecule has 0 radical (unpaired) electrons. The fraction of sp³-hybridized carbons (Fsp3) is 0.423. The minimum atomic E-state index is -0.410. The number of aryl methyl sites for hydroxylation is 1. The van der Waals surface area contributed by atoms with Gasteiger partial charge in [-0.2, -0.15) is 0 Å². The molecule has 1 saturated heterocycles. The van der Waals surface area contributed by atoms with Crippen molar-refractivity contribution in [3.8, 4) is 16.9 Å². The summed E-state index contributed by atoms with van der Waals surface area (Å²) < 4.78 is 16.4. The van der Waals surface area contributed by atoms with E-state index < -0.39 is 12.0 Å². The van der Waals surface area contributed by atoms with Gasteiger partial charge in [0.05, 0.1) is 11.4 Å². The van der Waals surface area contributed by atoms with E-state index in [1.165, 1.54) is 0 Å². The third-order valence-electron chi connectivity index (χ3n) is 6.78. The van der Waals surface area contributed by atoms with Gasteiger partial charge in [-0.25, -0.2) is 0 Å². The van der Waals surface area contributed by atoms with Gasteiger partial charge in [-0.1, -0.05) is 28.1 Å². The number of benzene rings is 2. The predicted molar refractivity (Wildman–Crippen MR) is 129 cm³/mol. The van der Waals surface area contributed by atoms with Gasteiger partial charge < -0.3 is 19.5 Å². The quantitative estimate of drug-likeness (QED) is 0.349. The molecule has 1 aliphatic carbocycles. The standard InChI is InChI=1S/C26H26BrNO6/c1-32-11-14-6-22(28-10-14)26(31)34-13-23(29)16-2-4-18-17(7-16)12-33-24-9-19-15(8-20(18)24)3-5-21(27)25(19)30/h2,4,7-9,14,21-22,28H,3,5-6,10-13H2,1H3/t14-,21?,22?/m0/s1. The summed E-state index contributed by atoms with van der Waals surface area (Å²) in [6.07, 6.45) is 2.24. The van der Waals surface area contributed by atoms with Crippen LogP contribution in [0.4, 0.5) is 0 Å². The number of esters is 1. The van der Waals surface area contributed by atoms with E-state index in [-0.39, 0.29) is 28.9 Å². The zero-order valence-corrected chi connectivity index (χ0v) is 20.5. The second kappa shape index (κ2) is 9.60. The minimum Gasteiger partial charge on any atom is -0.488 e. The van der Waals surface area contributed by atoms with Crippen LogP contribution >= 0.6 is 15.9 Å². The van der Waals surface area contributed by atoms with Crippen LogP contribution in [-0.4, -0.2) is 55.3 Å². The van der Waals surface area contributed by atoms with Crippen molar-refractivity contribution < 1.29 is 28.6 Å². The number of rotatable bonds is 6. The highest BCUT2D eigenvalue weighted by molar-refractivity contribution is 9.10. The molecule has 3 atom stereocenters. The number of hydrogen-bond acceptors (Lipinski definition) is 7. The molecule has 34 heavy (non-hydrogen) atoms. The van der Waals surface area contributed by atoms with E-state index in [1.54, 1.807) is 19.2 Å². The predicted octanol–water partition coefficient (Wildman–Crippen LogP) is 3.49. The van der Waals surface area contributed by atoms with Crippen LogP contribution in [0.2, 0.25) is 0 Å². The third-order valence-corrected chi connectivity index (χ3v) is 7.65. The number of methoxy groups -OCH3 is 1. The molecule has 178 valence electrons. The average Bonchev–Trinajstić information content (AvgIpc) is 3.32. The molecule has 0 aromatic heterocycles. The van der Waals surface area contributed by atoms with Gasteiger partial charge in [0, 0.05) is 30.3 Å². The topological polar surface area (TPSA) is 90.9 Å². The Balaban J connectivity index is 1.28. The van der Waals surface area contributed by atoms with Crippen LogP contribution < -0.4 is 10.1 Å². The number of ketones is 2. The Hall–Kier alpha value is -2.55. The van der Waals surface area contributed by atoms with Crippen molar-refractivity contribution >= 4 is 33.5 Å². The van der Waals surface area contributed by atoms with Gasteiger partial charge >= 0.3 is 5.97 Å². The Morgan fingerprint density at radius 1 is 1.15 bits per heavy atom. The van der Waals surface area contributed by atoms with E-state index in [9.17, 15) is 14.4 Å². The maximum absolute atomic E-state index is 12.7. The lowest BCUT2D eigenvalue weighted by Gasteiger charge is -2.26. The first-order chi connectivity index (χ1) is 16.4. The van der Waals surface area contributed by atoms with Gasteiger partial charge in [-0.05, 0) is 60.1 Å². The second-order valence-corrected chi connectivity index (χ2v) is 10.2. The molecule has 2 aliphatic heterocycles. The molecule has 7 nitrogen and oxygen atoms in total. The zero-order chi connectivity index (χ0) is 23.8. The van der Waals surface area contributed by atoms with Crippen LogP contribution in [0.15, 0.2) is 30.3 Å². The van der Waals surface area contributed by atoms with E-state index in [0.29, 0.717) is 43.1 Å². The monoisotopic (exact) mass is 527 g/mol. The summed E-state index contributed by atoms with van der Waals surface area (Å²) in [5, 5.41) is 3.13. The molecule has 0 bridgehead atoms. The van der Waals surface area contributed by atoms with Crippen LogP contribution in [0.25, 0.3) is 11.1 Å². The van der Waals surface area contributed by atoms with Gasteiger partial charge in [0.2, 0.25) is 0 Å². The van der Waals surface area contributed by atoms with Crippen LogP contribution in [0.5, 0.6) is 5.75 Å². The summed E-state index contributed by atoms with van der Waals surface area (Å²) in [5.41, 5.74) is 5.04. The normalized spacial score (nSPS) is 22.9. The Morgan fingerprint density at radius 2 is 2.00 bits per heavy atom. The van der Waals surface area contributed by atoms with Crippen LogP contribution in [-0.2, 0) is 27.3 Å². The number of hydrogen-bond donors (Lipinski definition) is 1. The first kappa shape index (κ1) is 23.2. The Morgan fingerprint density at radius 3 is 2.82 bits per heavy atom. The zero-order valence-electron chi connectivity index (χ0n) is 18.9. The summed E-state index contributed by atoms with van der Waals surface area (Å²) in [6.45, 7) is 1.29. The van der Waals surface area contributed by atoms with E-state index in [1.807, 2.05) is 18.2 Å². The largest absolute Gasteiger partial charge is 0.488 e. The van der Waals surface area contributed by atoms with Crippen molar-refractivity contribution in [2.75, 3.05) is 26.9 Å². The maximum Gasteiger partial charge on any atom is 0.323 e. The highest BCUT2D eigenvalue weighted by atomic mass is 79.9. The Kier molecular flexibility index (Phi) is 6.55. The summed E-state index contributed by atoms with van der Waals surface area (Å²) in [5.74, 6) is 0.382. The van der Waals surface area contributed by atoms with E-state index in [0.717, 1.165) is 35.1 Å².